The van der Waals surface area contributed by atoms with Gasteiger partial charge in [-0.1, -0.05) is 51.1 Å². The lowest BCUT2D eigenvalue weighted by molar-refractivity contribution is -0.123. The average Bonchev–Trinajstić information content (AvgIpc) is 2.69. The summed E-state index contributed by atoms with van der Waals surface area (Å²) in [5.74, 6) is 0.848. The van der Waals surface area contributed by atoms with E-state index in [0.29, 0.717) is 30.0 Å². The third-order valence-corrected chi connectivity index (χ3v) is 5.78. The number of benzene rings is 1. The first-order chi connectivity index (χ1) is 13.4. The first-order valence-electron chi connectivity index (χ1n) is 10.2. The van der Waals surface area contributed by atoms with Crippen LogP contribution in [0.2, 0.25) is 0 Å². The Bertz CT molecular complexity index is 850. The Labute approximate surface area is 166 Å². The second-order valence-corrected chi connectivity index (χ2v) is 8.59. The van der Waals surface area contributed by atoms with Crippen molar-refractivity contribution in [3.63, 3.8) is 0 Å². The highest BCUT2D eigenvalue weighted by atomic mass is 16.2. The fourth-order valence-corrected chi connectivity index (χ4v) is 3.84. The molecular formula is C22H30N4O2. The van der Waals surface area contributed by atoms with Crippen molar-refractivity contribution in [1.29, 1.82) is 0 Å². The molecule has 2 N–H and O–H groups in total. The van der Waals surface area contributed by atoms with Crippen molar-refractivity contribution in [3.8, 4) is 11.4 Å². The van der Waals surface area contributed by atoms with E-state index >= 15 is 0 Å². The van der Waals surface area contributed by atoms with Crippen LogP contribution >= 0.6 is 0 Å². The number of aromatic amines is 1. The summed E-state index contributed by atoms with van der Waals surface area (Å²) in [6.07, 6.45) is 5.60. The smallest absolute Gasteiger partial charge is 0.275 e. The molecule has 1 aromatic carbocycles. The van der Waals surface area contributed by atoms with Crippen molar-refractivity contribution in [2.75, 3.05) is 0 Å². The van der Waals surface area contributed by atoms with Gasteiger partial charge in [0, 0.05) is 12.0 Å². The van der Waals surface area contributed by atoms with E-state index in [0.717, 1.165) is 31.2 Å². The number of H-pyrrole nitrogens is 1. The zero-order valence-electron chi connectivity index (χ0n) is 17.0. The Morgan fingerprint density at radius 2 is 1.89 bits per heavy atom. The highest BCUT2D eigenvalue weighted by Gasteiger charge is 2.28. The van der Waals surface area contributed by atoms with Crippen LogP contribution in [0.3, 0.4) is 0 Å². The fourth-order valence-electron chi connectivity index (χ4n) is 3.84. The van der Waals surface area contributed by atoms with E-state index in [9.17, 15) is 9.59 Å². The van der Waals surface area contributed by atoms with Gasteiger partial charge in [-0.3, -0.25) is 9.59 Å². The van der Waals surface area contributed by atoms with Crippen molar-refractivity contribution in [2.45, 2.75) is 65.3 Å². The molecule has 2 aromatic rings. The van der Waals surface area contributed by atoms with E-state index in [1.54, 1.807) is 0 Å². The topological polar surface area (TPSA) is 87.7 Å². The number of carbonyl (C=O) groups is 1. The maximum absolute atomic E-state index is 12.5. The molecule has 28 heavy (non-hydrogen) atoms. The molecule has 1 fully saturated rings. The van der Waals surface area contributed by atoms with Crippen LogP contribution in [0.15, 0.2) is 35.1 Å². The third-order valence-electron chi connectivity index (χ3n) is 5.78. The van der Waals surface area contributed by atoms with Gasteiger partial charge in [-0.25, -0.2) is 0 Å². The Kier molecular flexibility index (Phi) is 6.27. The van der Waals surface area contributed by atoms with Crippen LogP contribution in [0.5, 0.6) is 0 Å². The molecule has 1 atom stereocenters. The molecule has 1 saturated carbocycles. The molecule has 1 aromatic heterocycles. The monoisotopic (exact) mass is 382 g/mol. The second kappa shape index (κ2) is 8.67. The van der Waals surface area contributed by atoms with Crippen LogP contribution in [0.1, 0.15) is 71.0 Å². The molecule has 0 aliphatic heterocycles. The predicted molar refractivity (Wildman–Crippen MR) is 110 cm³/mol. The first-order valence-corrected chi connectivity index (χ1v) is 10.2. The molecule has 0 radical (unpaired) electrons. The number of hydrogen-bond donors (Lipinski definition) is 2. The number of nitrogens with zero attached hydrogens (tertiary/aromatic N) is 2. The van der Waals surface area contributed by atoms with Crippen LogP contribution < -0.4 is 10.9 Å². The first kappa shape index (κ1) is 20.2. The van der Waals surface area contributed by atoms with Gasteiger partial charge in [-0.05, 0) is 43.4 Å². The quantitative estimate of drug-likeness (QED) is 0.790. The van der Waals surface area contributed by atoms with Crippen LogP contribution in [-0.4, -0.2) is 21.1 Å². The number of rotatable bonds is 6. The van der Waals surface area contributed by atoms with Gasteiger partial charge < -0.3 is 10.3 Å². The van der Waals surface area contributed by atoms with Gasteiger partial charge in [0.05, 0.1) is 6.04 Å². The average molecular weight is 383 g/mol. The lowest BCUT2D eigenvalue weighted by atomic mass is 9.72. The molecule has 1 aliphatic rings. The maximum Gasteiger partial charge on any atom is 0.275 e. The molecule has 1 aliphatic carbocycles. The van der Waals surface area contributed by atoms with Crippen molar-refractivity contribution in [2.24, 2.45) is 11.3 Å². The Morgan fingerprint density at radius 3 is 2.50 bits per heavy atom. The van der Waals surface area contributed by atoms with Gasteiger partial charge in [0.2, 0.25) is 5.91 Å². The standard InChI is InChI=1S/C22H30N4O2/c1-4-17(23-18(27)14-15-10-12-22(2,3)13-11-15)19-21(28)24-20(26-25-19)16-8-6-5-7-9-16/h5-9,15,17H,4,10-14H2,1-3H3,(H,23,27)(H,24,26,28). The molecule has 1 amide bonds. The second-order valence-electron chi connectivity index (χ2n) is 8.59. The molecule has 6 heteroatoms. The van der Waals surface area contributed by atoms with Crippen molar-refractivity contribution in [3.05, 3.63) is 46.4 Å². The zero-order valence-corrected chi connectivity index (χ0v) is 17.0. The number of aromatic nitrogens is 3. The Morgan fingerprint density at radius 1 is 1.21 bits per heavy atom. The largest absolute Gasteiger partial charge is 0.347 e. The molecule has 1 unspecified atom stereocenters. The predicted octanol–water partition coefficient (Wildman–Crippen LogP) is 4.01. The Balaban J connectivity index is 1.65. The molecule has 6 nitrogen and oxygen atoms in total. The summed E-state index contributed by atoms with van der Waals surface area (Å²) in [4.78, 5) is 27.9. The van der Waals surface area contributed by atoms with E-state index in [-0.39, 0.29) is 17.2 Å². The molecule has 0 bridgehead atoms. The van der Waals surface area contributed by atoms with E-state index in [4.69, 9.17) is 0 Å². The summed E-state index contributed by atoms with van der Waals surface area (Å²) >= 11 is 0. The summed E-state index contributed by atoms with van der Waals surface area (Å²) in [5, 5.41) is 11.3. The number of nitrogens with one attached hydrogen (secondary N) is 2. The van der Waals surface area contributed by atoms with Crippen molar-refractivity contribution in [1.82, 2.24) is 20.5 Å². The minimum absolute atomic E-state index is 0.00936. The van der Waals surface area contributed by atoms with E-state index in [1.165, 1.54) is 0 Å². The zero-order chi connectivity index (χ0) is 20.1. The van der Waals surface area contributed by atoms with Gasteiger partial charge >= 0.3 is 0 Å². The SMILES string of the molecule is CCC(NC(=O)CC1CCC(C)(C)CC1)c1nnc(-c2ccccc2)[nH]c1=O. The van der Waals surface area contributed by atoms with Gasteiger partial charge in [0.25, 0.3) is 5.56 Å². The van der Waals surface area contributed by atoms with E-state index in [2.05, 4.69) is 34.3 Å². The van der Waals surface area contributed by atoms with Gasteiger partial charge in [-0.2, -0.15) is 0 Å². The molecule has 3 rings (SSSR count). The summed E-state index contributed by atoms with van der Waals surface area (Å²) < 4.78 is 0. The van der Waals surface area contributed by atoms with Crippen LogP contribution in [-0.2, 0) is 4.79 Å². The number of amides is 1. The molecule has 0 spiro atoms. The van der Waals surface area contributed by atoms with Crippen LogP contribution in [0, 0.1) is 11.3 Å². The van der Waals surface area contributed by atoms with Gasteiger partial charge in [0.1, 0.15) is 0 Å². The summed E-state index contributed by atoms with van der Waals surface area (Å²) in [6, 6.07) is 8.97. The molecular weight excluding hydrogens is 352 g/mol. The molecule has 1 heterocycles. The highest BCUT2D eigenvalue weighted by Crippen LogP contribution is 2.39. The number of carbonyl (C=O) groups excluding carboxylic acids is 1. The van der Waals surface area contributed by atoms with Crippen molar-refractivity contribution >= 4 is 5.91 Å². The van der Waals surface area contributed by atoms with Gasteiger partial charge in [-0.15, -0.1) is 10.2 Å². The minimum atomic E-state index is -0.423. The molecule has 150 valence electrons. The fraction of sp³-hybridized carbons (Fsp3) is 0.545. The van der Waals surface area contributed by atoms with Crippen molar-refractivity contribution < 1.29 is 4.79 Å². The Hall–Kier alpha value is -2.50. The van der Waals surface area contributed by atoms with Crippen LogP contribution in [0.25, 0.3) is 11.4 Å². The maximum atomic E-state index is 12.5. The molecule has 0 saturated heterocycles. The highest BCUT2D eigenvalue weighted by molar-refractivity contribution is 5.76. The van der Waals surface area contributed by atoms with E-state index < -0.39 is 6.04 Å². The lowest BCUT2D eigenvalue weighted by Gasteiger charge is -2.34. The summed E-state index contributed by atoms with van der Waals surface area (Å²) in [7, 11) is 0. The van der Waals surface area contributed by atoms with Gasteiger partial charge in [0.15, 0.2) is 11.5 Å². The summed E-state index contributed by atoms with van der Waals surface area (Å²) in [5.41, 5.74) is 1.15. The third kappa shape index (κ3) is 5.06. The summed E-state index contributed by atoms with van der Waals surface area (Å²) in [6.45, 7) is 6.52. The minimum Gasteiger partial charge on any atom is -0.347 e. The van der Waals surface area contributed by atoms with E-state index in [1.807, 2.05) is 37.3 Å². The lowest BCUT2D eigenvalue weighted by Crippen LogP contribution is -2.35. The van der Waals surface area contributed by atoms with Crippen LogP contribution in [0.4, 0.5) is 0 Å². The normalized spacial score (nSPS) is 17.8. The number of hydrogen-bond acceptors (Lipinski definition) is 4.